The molecule has 7 nitrogen and oxygen atoms in total. The van der Waals surface area contributed by atoms with Gasteiger partial charge in [0.15, 0.2) is 11.5 Å². The number of methoxy groups -OCH3 is 1. The van der Waals surface area contributed by atoms with Crippen molar-refractivity contribution in [2.24, 2.45) is 0 Å². The van der Waals surface area contributed by atoms with Gasteiger partial charge in [0, 0.05) is 17.7 Å². The maximum Gasteiger partial charge on any atom is 0.278 e. The van der Waals surface area contributed by atoms with Crippen LogP contribution in [0.25, 0.3) is 5.69 Å². The van der Waals surface area contributed by atoms with Crippen LogP contribution in [0.15, 0.2) is 83.7 Å². The van der Waals surface area contributed by atoms with Crippen LogP contribution >= 0.6 is 0 Å². The Hall–Kier alpha value is -4.26. The minimum atomic E-state index is -0.270. The Kier molecular flexibility index (Phi) is 4.99. The van der Waals surface area contributed by atoms with Crippen molar-refractivity contribution in [1.29, 1.82) is 0 Å². The fourth-order valence-corrected chi connectivity index (χ4v) is 3.93. The number of anilines is 1. The molecule has 0 spiro atoms. The molecule has 0 aliphatic carbocycles. The molecule has 7 heteroatoms. The highest BCUT2D eigenvalue weighted by atomic mass is 16.5. The van der Waals surface area contributed by atoms with Gasteiger partial charge in [-0.3, -0.25) is 9.59 Å². The Bertz CT molecular complexity index is 1340. The molecule has 1 aliphatic rings. The average Bonchev–Trinajstić information content (AvgIpc) is 3.09. The monoisotopic (exact) mass is 427 g/mol. The Morgan fingerprint density at radius 2 is 1.72 bits per heavy atom. The highest BCUT2D eigenvalue weighted by Crippen LogP contribution is 2.41. The lowest BCUT2D eigenvalue weighted by atomic mass is 10.0. The molecule has 0 atom stereocenters. The standard InChI is InChI=1S/C25H21N3O4/c1-31-21-14-8-9-17-15-20-24(30)28(19-12-6-3-7-13-19)27(25(20)32-23(17)21)16-22(29)26-18-10-4-2-5-11-18/h2-14H,15-16H2,1H3,(H,26,29). The lowest BCUT2D eigenvalue weighted by Crippen LogP contribution is -2.27. The second kappa shape index (κ2) is 8.11. The number of ether oxygens (including phenoxy) is 2. The predicted molar refractivity (Wildman–Crippen MR) is 121 cm³/mol. The number of amides is 1. The molecule has 0 bridgehead atoms. The molecular weight excluding hydrogens is 406 g/mol. The molecule has 0 fully saturated rings. The van der Waals surface area contributed by atoms with Gasteiger partial charge in [-0.25, -0.2) is 9.36 Å². The third-order valence-corrected chi connectivity index (χ3v) is 5.38. The zero-order chi connectivity index (χ0) is 22.1. The third kappa shape index (κ3) is 3.43. The molecule has 1 aromatic heterocycles. The molecular formula is C25H21N3O4. The lowest BCUT2D eigenvalue weighted by molar-refractivity contribution is -0.117. The van der Waals surface area contributed by atoms with Crippen molar-refractivity contribution < 1.29 is 14.3 Å². The van der Waals surface area contributed by atoms with E-state index in [1.807, 2.05) is 78.9 Å². The van der Waals surface area contributed by atoms with Crippen LogP contribution in [0.2, 0.25) is 0 Å². The SMILES string of the molecule is COc1cccc2c1Oc1c(c(=O)n(-c3ccccc3)n1CC(=O)Nc1ccccc1)C2. The summed E-state index contributed by atoms with van der Waals surface area (Å²) in [7, 11) is 1.57. The van der Waals surface area contributed by atoms with E-state index in [1.54, 1.807) is 11.8 Å². The van der Waals surface area contributed by atoms with Crippen LogP contribution in [-0.2, 0) is 17.8 Å². The quantitative estimate of drug-likeness (QED) is 0.460. The first-order valence-electron chi connectivity index (χ1n) is 10.2. The van der Waals surface area contributed by atoms with Crippen LogP contribution in [0.1, 0.15) is 11.1 Å². The van der Waals surface area contributed by atoms with Crippen molar-refractivity contribution in [2.75, 3.05) is 12.4 Å². The van der Waals surface area contributed by atoms with Gasteiger partial charge in [0.05, 0.1) is 18.4 Å². The maximum absolute atomic E-state index is 13.4. The minimum absolute atomic E-state index is 0.0984. The van der Waals surface area contributed by atoms with Crippen molar-refractivity contribution in [3.63, 3.8) is 0 Å². The number of fused-ring (bicyclic) bond motifs is 2. The highest BCUT2D eigenvalue weighted by molar-refractivity contribution is 5.90. The van der Waals surface area contributed by atoms with E-state index in [9.17, 15) is 9.59 Å². The van der Waals surface area contributed by atoms with Crippen molar-refractivity contribution in [1.82, 2.24) is 9.36 Å². The first kappa shape index (κ1) is 19.7. The summed E-state index contributed by atoms with van der Waals surface area (Å²) in [6.45, 7) is -0.0984. The van der Waals surface area contributed by atoms with Crippen molar-refractivity contribution in [3.05, 3.63) is 100 Å². The number of nitrogens with zero attached hydrogens (tertiary/aromatic N) is 2. The maximum atomic E-state index is 13.4. The molecule has 4 aromatic rings. The summed E-state index contributed by atoms with van der Waals surface area (Å²) in [6.07, 6.45) is 0.390. The van der Waals surface area contributed by atoms with E-state index in [0.717, 1.165) is 5.56 Å². The van der Waals surface area contributed by atoms with Gasteiger partial charge >= 0.3 is 0 Å². The minimum Gasteiger partial charge on any atom is -0.493 e. The summed E-state index contributed by atoms with van der Waals surface area (Å²) in [6, 6.07) is 24.0. The summed E-state index contributed by atoms with van der Waals surface area (Å²) in [5.74, 6) is 1.21. The molecule has 5 rings (SSSR count). The molecule has 3 aromatic carbocycles. The van der Waals surface area contributed by atoms with Gasteiger partial charge in [-0.2, -0.15) is 0 Å². The van der Waals surface area contributed by atoms with E-state index in [1.165, 1.54) is 4.68 Å². The molecule has 1 amide bonds. The molecule has 0 unspecified atom stereocenters. The van der Waals surface area contributed by atoms with Gasteiger partial charge in [-0.15, -0.1) is 0 Å². The number of nitrogens with one attached hydrogen (secondary N) is 1. The summed E-state index contributed by atoms with van der Waals surface area (Å²) >= 11 is 0. The first-order chi connectivity index (χ1) is 15.7. The molecule has 1 N–H and O–H groups in total. The van der Waals surface area contributed by atoms with E-state index in [4.69, 9.17) is 9.47 Å². The molecule has 2 heterocycles. The van der Waals surface area contributed by atoms with Gasteiger partial charge in [-0.1, -0.05) is 48.5 Å². The van der Waals surface area contributed by atoms with Crippen LogP contribution in [0.3, 0.4) is 0 Å². The summed E-state index contributed by atoms with van der Waals surface area (Å²) in [5.41, 5.74) is 2.48. The molecule has 0 radical (unpaired) electrons. The van der Waals surface area contributed by atoms with Crippen LogP contribution in [-0.4, -0.2) is 22.4 Å². The number of hydrogen-bond acceptors (Lipinski definition) is 4. The summed E-state index contributed by atoms with van der Waals surface area (Å²) in [4.78, 5) is 26.3. The number of carbonyl (C=O) groups is 1. The smallest absolute Gasteiger partial charge is 0.278 e. The molecule has 1 aliphatic heterocycles. The van der Waals surface area contributed by atoms with E-state index in [-0.39, 0.29) is 18.0 Å². The van der Waals surface area contributed by atoms with E-state index in [0.29, 0.717) is 40.7 Å². The normalized spacial score (nSPS) is 11.8. The Morgan fingerprint density at radius 3 is 2.44 bits per heavy atom. The van der Waals surface area contributed by atoms with Crippen LogP contribution < -0.4 is 20.3 Å². The molecule has 160 valence electrons. The van der Waals surface area contributed by atoms with Gasteiger partial charge in [0.25, 0.3) is 5.56 Å². The number of benzene rings is 3. The van der Waals surface area contributed by atoms with Crippen LogP contribution in [0.5, 0.6) is 17.4 Å². The van der Waals surface area contributed by atoms with E-state index >= 15 is 0 Å². The fourth-order valence-electron chi connectivity index (χ4n) is 3.93. The third-order valence-electron chi connectivity index (χ3n) is 5.38. The van der Waals surface area contributed by atoms with Gasteiger partial charge in [0.2, 0.25) is 11.8 Å². The lowest BCUT2D eigenvalue weighted by Gasteiger charge is -2.21. The van der Waals surface area contributed by atoms with Crippen LogP contribution in [0, 0.1) is 0 Å². The van der Waals surface area contributed by atoms with Crippen LogP contribution in [0.4, 0.5) is 5.69 Å². The summed E-state index contributed by atoms with van der Waals surface area (Å²) in [5, 5.41) is 2.87. The topological polar surface area (TPSA) is 74.5 Å². The highest BCUT2D eigenvalue weighted by Gasteiger charge is 2.30. The van der Waals surface area contributed by atoms with Gasteiger partial charge in [0.1, 0.15) is 6.54 Å². The van der Waals surface area contributed by atoms with E-state index < -0.39 is 0 Å². The van der Waals surface area contributed by atoms with Gasteiger partial charge < -0.3 is 14.8 Å². The zero-order valence-electron chi connectivity index (χ0n) is 17.4. The zero-order valence-corrected chi connectivity index (χ0v) is 17.4. The number of carbonyl (C=O) groups excluding carboxylic acids is 1. The second-order valence-corrected chi connectivity index (χ2v) is 7.44. The van der Waals surface area contributed by atoms with Gasteiger partial charge in [-0.05, 0) is 30.3 Å². The Morgan fingerprint density at radius 1 is 1.00 bits per heavy atom. The second-order valence-electron chi connectivity index (χ2n) is 7.44. The molecule has 0 saturated heterocycles. The molecule has 32 heavy (non-hydrogen) atoms. The number of para-hydroxylation sites is 3. The number of rotatable bonds is 5. The molecule has 0 saturated carbocycles. The number of aromatic nitrogens is 2. The number of hydrogen-bond donors (Lipinski definition) is 1. The predicted octanol–water partition coefficient (Wildman–Crippen LogP) is 3.98. The van der Waals surface area contributed by atoms with E-state index in [2.05, 4.69) is 5.32 Å². The fraction of sp³-hybridized carbons (Fsp3) is 0.120. The Labute approximate surface area is 184 Å². The average molecular weight is 427 g/mol. The summed E-state index contributed by atoms with van der Waals surface area (Å²) < 4.78 is 14.7. The van der Waals surface area contributed by atoms with Crippen molar-refractivity contribution >= 4 is 11.6 Å². The van der Waals surface area contributed by atoms with Crippen molar-refractivity contribution in [2.45, 2.75) is 13.0 Å². The van der Waals surface area contributed by atoms with Crippen molar-refractivity contribution in [3.8, 4) is 23.1 Å². The first-order valence-corrected chi connectivity index (χ1v) is 10.2. The Balaban J connectivity index is 1.60. The largest absolute Gasteiger partial charge is 0.493 e.